The number of carbonyl (C=O) groups excluding carboxylic acids is 1. The normalized spacial score (nSPS) is 15.4. The molecule has 0 spiro atoms. The summed E-state index contributed by atoms with van der Waals surface area (Å²) >= 11 is 0. The van der Waals surface area contributed by atoms with E-state index in [9.17, 15) is 24.3 Å². The van der Waals surface area contributed by atoms with Crippen molar-refractivity contribution in [3.8, 4) is 0 Å². The van der Waals surface area contributed by atoms with Crippen molar-refractivity contribution in [1.29, 1.82) is 0 Å². The molecule has 1 aromatic heterocycles. The average Bonchev–Trinajstić information content (AvgIpc) is 2.77. The number of nitrogens with two attached hydrogens (primary N) is 1. The molecule has 0 fully saturated rings. The van der Waals surface area contributed by atoms with Crippen LogP contribution in [0.15, 0.2) is 29.1 Å². The van der Waals surface area contributed by atoms with Gasteiger partial charge in [0.25, 0.3) is 11.5 Å². The van der Waals surface area contributed by atoms with Gasteiger partial charge in [-0.25, -0.2) is 4.79 Å². The summed E-state index contributed by atoms with van der Waals surface area (Å²) in [4.78, 5) is 54.4. The van der Waals surface area contributed by atoms with E-state index in [-0.39, 0.29) is 36.0 Å². The summed E-state index contributed by atoms with van der Waals surface area (Å²) in [5.41, 5.74) is 6.46. The van der Waals surface area contributed by atoms with E-state index in [1.54, 1.807) is 24.3 Å². The van der Waals surface area contributed by atoms with Crippen molar-refractivity contribution in [2.24, 2.45) is 0 Å². The number of anilines is 4. The monoisotopic (exact) mass is 459 g/mol. The van der Waals surface area contributed by atoms with E-state index in [0.717, 1.165) is 4.90 Å². The number of carboxylic acids is 2. The Kier molecular flexibility index (Phi) is 7.00. The molecule has 3 rings (SSSR count). The summed E-state index contributed by atoms with van der Waals surface area (Å²) in [6, 6.07) is 5.09. The van der Waals surface area contributed by atoms with Gasteiger partial charge in [0, 0.05) is 37.8 Å². The third-order valence-electron chi connectivity index (χ3n) is 5.19. The number of benzene rings is 1. The summed E-state index contributed by atoms with van der Waals surface area (Å²) in [7, 11) is 1.33. The number of fused-ring (bicyclic) bond motifs is 1. The van der Waals surface area contributed by atoms with E-state index >= 15 is 0 Å². The zero-order valence-corrected chi connectivity index (χ0v) is 17.8. The average molecular weight is 459 g/mol. The summed E-state index contributed by atoms with van der Waals surface area (Å²) in [6.45, 7) is 0.962. The van der Waals surface area contributed by atoms with Gasteiger partial charge >= 0.3 is 11.9 Å². The quantitative estimate of drug-likeness (QED) is 0.267. The van der Waals surface area contributed by atoms with E-state index in [1.165, 1.54) is 7.05 Å². The van der Waals surface area contributed by atoms with Crippen molar-refractivity contribution in [2.45, 2.75) is 24.9 Å². The van der Waals surface area contributed by atoms with Gasteiger partial charge in [-0.2, -0.15) is 4.98 Å². The molecule has 13 heteroatoms. The molecule has 0 aliphatic carbocycles. The van der Waals surface area contributed by atoms with E-state index < -0.39 is 23.9 Å². The molecule has 1 aliphatic heterocycles. The Morgan fingerprint density at radius 3 is 2.61 bits per heavy atom. The first kappa shape index (κ1) is 23.4. The minimum Gasteiger partial charge on any atom is -0.481 e. The van der Waals surface area contributed by atoms with Crippen molar-refractivity contribution in [2.75, 3.05) is 41.8 Å². The second-order valence-electron chi connectivity index (χ2n) is 7.56. The van der Waals surface area contributed by atoms with Crippen molar-refractivity contribution in [1.82, 2.24) is 14.9 Å². The van der Waals surface area contributed by atoms with Gasteiger partial charge in [-0.1, -0.05) is 0 Å². The molecule has 8 N–H and O–H groups in total. The minimum atomic E-state index is -1.27. The van der Waals surface area contributed by atoms with E-state index in [4.69, 9.17) is 10.8 Å². The lowest BCUT2D eigenvalue weighted by Gasteiger charge is -2.27. The highest BCUT2D eigenvalue weighted by Gasteiger charge is 2.28. The number of nitrogens with zero attached hydrogens (tertiary/aromatic N) is 2. The fourth-order valence-electron chi connectivity index (χ4n) is 3.41. The number of aromatic amines is 1. The van der Waals surface area contributed by atoms with Gasteiger partial charge in [-0.15, -0.1) is 0 Å². The van der Waals surface area contributed by atoms with Crippen LogP contribution in [0, 0.1) is 0 Å². The molecule has 13 nitrogen and oxygen atoms in total. The van der Waals surface area contributed by atoms with Crippen LogP contribution in [0.25, 0.3) is 0 Å². The highest BCUT2D eigenvalue weighted by molar-refractivity contribution is 5.96. The van der Waals surface area contributed by atoms with Gasteiger partial charge in [0.15, 0.2) is 5.82 Å². The second-order valence-corrected chi connectivity index (χ2v) is 7.56. The fourth-order valence-corrected chi connectivity index (χ4v) is 3.41. The zero-order chi connectivity index (χ0) is 24.1. The lowest BCUT2D eigenvalue weighted by atomic mass is 10.1. The Balaban J connectivity index is 1.58. The van der Waals surface area contributed by atoms with Crippen LogP contribution in [0.4, 0.5) is 23.1 Å². The first-order chi connectivity index (χ1) is 15.7. The van der Waals surface area contributed by atoms with Gasteiger partial charge in [0.1, 0.15) is 11.7 Å². The number of aromatic nitrogens is 2. The van der Waals surface area contributed by atoms with Gasteiger partial charge < -0.3 is 36.8 Å². The van der Waals surface area contributed by atoms with E-state index in [0.29, 0.717) is 30.3 Å². The molecule has 1 aromatic carbocycles. The summed E-state index contributed by atoms with van der Waals surface area (Å²) in [6.07, 6.45) is -0.551. The van der Waals surface area contributed by atoms with Gasteiger partial charge in [-0.3, -0.25) is 19.4 Å². The van der Waals surface area contributed by atoms with Crippen LogP contribution in [-0.2, 0) is 9.59 Å². The summed E-state index contributed by atoms with van der Waals surface area (Å²) in [5.74, 6) is -2.50. The van der Waals surface area contributed by atoms with Gasteiger partial charge in [-0.05, 0) is 30.7 Å². The Hall–Kier alpha value is -4.29. The fraction of sp³-hybridized carbons (Fsp3) is 0.350. The molecule has 2 atom stereocenters. The van der Waals surface area contributed by atoms with Gasteiger partial charge in [0.05, 0.1) is 6.04 Å². The van der Waals surface area contributed by atoms with Crippen LogP contribution in [0.2, 0.25) is 0 Å². The minimum absolute atomic E-state index is 0.0291. The number of aliphatic carboxylic acids is 2. The number of likely N-dealkylation sites (N-methyl/N-ethyl adjacent to an activating group) is 1. The Morgan fingerprint density at radius 2 is 1.97 bits per heavy atom. The third kappa shape index (κ3) is 5.70. The van der Waals surface area contributed by atoms with Crippen LogP contribution in [0.5, 0.6) is 0 Å². The molecule has 2 heterocycles. The van der Waals surface area contributed by atoms with Crippen LogP contribution in [0.1, 0.15) is 23.2 Å². The van der Waals surface area contributed by atoms with E-state index in [1.807, 2.05) is 0 Å². The number of H-pyrrole nitrogens is 1. The number of nitrogens with one attached hydrogen (secondary N) is 4. The molecule has 0 saturated carbocycles. The van der Waals surface area contributed by atoms with Crippen LogP contribution in [0.3, 0.4) is 0 Å². The molecule has 2 aromatic rings. The van der Waals surface area contributed by atoms with Gasteiger partial charge in [0.2, 0.25) is 5.95 Å². The third-order valence-corrected chi connectivity index (χ3v) is 5.19. The first-order valence-corrected chi connectivity index (χ1v) is 10.1. The molecular formula is C20H25N7O6. The maximum atomic E-state index is 12.7. The zero-order valence-electron chi connectivity index (χ0n) is 17.8. The Bertz CT molecular complexity index is 1100. The number of hydrogen-bond acceptors (Lipinski definition) is 9. The summed E-state index contributed by atoms with van der Waals surface area (Å²) < 4.78 is 0. The highest BCUT2D eigenvalue weighted by Crippen LogP contribution is 2.20. The maximum absolute atomic E-state index is 12.7. The largest absolute Gasteiger partial charge is 0.481 e. The van der Waals surface area contributed by atoms with Crippen molar-refractivity contribution < 1.29 is 24.6 Å². The maximum Gasteiger partial charge on any atom is 0.326 e. The van der Waals surface area contributed by atoms with Crippen molar-refractivity contribution >= 4 is 41.0 Å². The number of carboxylic acid groups (broad SMARTS) is 2. The molecule has 1 amide bonds. The molecule has 176 valence electrons. The van der Waals surface area contributed by atoms with Crippen molar-refractivity contribution in [3.05, 3.63) is 40.2 Å². The number of amides is 1. The molecule has 0 bridgehead atoms. The number of carbonyl (C=O) groups is 3. The Morgan fingerprint density at radius 1 is 1.27 bits per heavy atom. The summed E-state index contributed by atoms with van der Waals surface area (Å²) in [5, 5.41) is 27.5. The smallest absolute Gasteiger partial charge is 0.326 e. The second kappa shape index (κ2) is 9.89. The standard InChI is InChI=1S/C20H25N7O6/c1-27(13(19(32)33)6-7-14(28)29)18(31)10-2-4-11(5-3-10)22-8-12-9-23-16-15(24-12)17(30)26-20(21)25-16/h2-5,12-13,22,24H,6-9H2,1H3,(H,28,29)(H,32,33)(H4,21,23,25,26,30)/t12-,13-/m0/s1. The number of hydrogen-bond donors (Lipinski definition) is 7. The molecule has 0 unspecified atom stereocenters. The molecule has 1 aliphatic rings. The lowest BCUT2D eigenvalue weighted by Crippen LogP contribution is -2.42. The predicted molar refractivity (Wildman–Crippen MR) is 120 cm³/mol. The molecule has 0 radical (unpaired) electrons. The number of rotatable bonds is 9. The number of nitrogen functional groups attached to an aromatic ring is 1. The predicted octanol–water partition coefficient (Wildman–Crippen LogP) is 0.0602. The first-order valence-electron chi connectivity index (χ1n) is 10.1. The lowest BCUT2D eigenvalue weighted by molar-refractivity contribution is -0.143. The molecule has 0 saturated heterocycles. The van der Waals surface area contributed by atoms with E-state index in [2.05, 4.69) is 25.9 Å². The highest BCUT2D eigenvalue weighted by atomic mass is 16.4. The van der Waals surface area contributed by atoms with Crippen molar-refractivity contribution in [3.63, 3.8) is 0 Å². The SMILES string of the molecule is CN(C(=O)c1ccc(NC[C@H]2CNc3nc(N)[nH]c(=O)c3N2)cc1)[C@@H](CCC(=O)O)C(=O)O. The van der Waals surface area contributed by atoms with Crippen LogP contribution < -0.4 is 27.2 Å². The van der Waals surface area contributed by atoms with Crippen LogP contribution in [-0.4, -0.2) is 75.1 Å². The molecular weight excluding hydrogens is 434 g/mol. The van der Waals surface area contributed by atoms with Crippen LogP contribution >= 0.6 is 0 Å². The topological polar surface area (TPSA) is 203 Å². The Labute approximate surface area is 188 Å². The molecule has 33 heavy (non-hydrogen) atoms.